The van der Waals surface area contributed by atoms with E-state index in [2.05, 4.69) is 15.9 Å². The minimum Gasteiger partial charge on any atom is -0.453 e. The summed E-state index contributed by atoms with van der Waals surface area (Å²) in [6.45, 7) is 0. The Kier molecular flexibility index (Phi) is 3.84. The molecule has 0 bridgehead atoms. The number of anilines is 1. The number of ether oxygens (including phenoxy) is 1. The normalized spacial score (nSPS) is 10.3. The predicted octanol–water partition coefficient (Wildman–Crippen LogP) is 4.01. The van der Waals surface area contributed by atoms with E-state index >= 15 is 0 Å². The molecular formula is C12H7BrF2N2O3. The maximum atomic E-state index is 13.5. The fourth-order valence-electron chi connectivity index (χ4n) is 1.48. The lowest BCUT2D eigenvalue weighted by Gasteiger charge is -2.10. The average molecular weight is 345 g/mol. The first-order valence-corrected chi connectivity index (χ1v) is 6.04. The van der Waals surface area contributed by atoms with Crippen molar-refractivity contribution in [1.82, 2.24) is 0 Å². The summed E-state index contributed by atoms with van der Waals surface area (Å²) in [5.74, 6) is -1.77. The third-order valence-electron chi connectivity index (χ3n) is 2.43. The van der Waals surface area contributed by atoms with E-state index in [-0.39, 0.29) is 27.3 Å². The van der Waals surface area contributed by atoms with Crippen molar-refractivity contribution in [3.63, 3.8) is 0 Å². The van der Waals surface area contributed by atoms with Crippen molar-refractivity contribution >= 4 is 27.3 Å². The number of hydrogen-bond acceptors (Lipinski definition) is 4. The second-order valence-electron chi connectivity index (χ2n) is 3.74. The minimum atomic E-state index is -0.895. The number of rotatable bonds is 3. The summed E-state index contributed by atoms with van der Waals surface area (Å²) in [7, 11) is 0. The Morgan fingerprint density at radius 2 is 1.85 bits per heavy atom. The Hall–Kier alpha value is -2.22. The lowest BCUT2D eigenvalue weighted by molar-refractivity contribution is -0.384. The molecular weight excluding hydrogens is 338 g/mol. The largest absolute Gasteiger partial charge is 0.453 e. The third-order valence-corrected chi connectivity index (χ3v) is 3.25. The van der Waals surface area contributed by atoms with E-state index in [0.29, 0.717) is 6.07 Å². The highest BCUT2D eigenvalue weighted by Crippen LogP contribution is 2.39. The van der Waals surface area contributed by atoms with Gasteiger partial charge in [-0.25, -0.2) is 8.78 Å². The maximum absolute atomic E-state index is 13.5. The Morgan fingerprint density at radius 3 is 2.45 bits per heavy atom. The molecule has 0 amide bonds. The maximum Gasteiger partial charge on any atom is 0.293 e. The second-order valence-corrected chi connectivity index (χ2v) is 4.54. The Bertz CT molecular complexity index is 695. The van der Waals surface area contributed by atoms with Crippen molar-refractivity contribution in [3.8, 4) is 11.5 Å². The number of nitrogens with two attached hydrogens (primary N) is 1. The Labute approximate surface area is 120 Å². The van der Waals surface area contributed by atoms with Gasteiger partial charge in [0.15, 0.2) is 11.6 Å². The van der Waals surface area contributed by atoms with Gasteiger partial charge < -0.3 is 10.5 Å². The molecule has 0 heterocycles. The van der Waals surface area contributed by atoms with Gasteiger partial charge >= 0.3 is 0 Å². The summed E-state index contributed by atoms with van der Waals surface area (Å²) in [5, 5.41) is 10.7. The molecule has 0 aromatic heterocycles. The second kappa shape index (κ2) is 5.41. The summed E-state index contributed by atoms with van der Waals surface area (Å²) in [4.78, 5) is 10.0. The van der Waals surface area contributed by atoms with Gasteiger partial charge in [-0.05, 0) is 34.1 Å². The fourth-order valence-corrected chi connectivity index (χ4v) is 1.89. The molecule has 20 heavy (non-hydrogen) atoms. The van der Waals surface area contributed by atoms with E-state index in [1.54, 1.807) is 0 Å². The molecule has 0 aliphatic rings. The van der Waals surface area contributed by atoms with E-state index in [9.17, 15) is 18.9 Å². The monoisotopic (exact) mass is 344 g/mol. The van der Waals surface area contributed by atoms with E-state index in [4.69, 9.17) is 10.5 Å². The number of halogens is 3. The molecule has 2 aromatic rings. The Morgan fingerprint density at radius 1 is 1.20 bits per heavy atom. The van der Waals surface area contributed by atoms with Crippen molar-refractivity contribution in [1.29, 1.82) is 0 Å². The molecule has 0 unspecified atom stereocenters. The molecule has 8 heteroatoms. The highest BCUT2D eigenvalue weighted by atomic mass is 79.9. The van der Waals surface area contributed by atoms with Crippen molar-refractivity contribution in [2.75, 3.05) is 5.73 Å². The number of nitro benzene ring substituents is 1. The van der Waals surface area contributed by atoms with Crippen molar-refractivity contribution in [2.45, 2.75) is 0 Å². The van der Waals surface area contributed by atoms with E-state index < -0.39 is 16.6 Å². The van der Waals surface area contributed by atoms with Crippen LogP contribution in [0.1, 0.15) is 0 Å². The molecule has 2 aromatic carbocycles. The number of nitrogens with zero attached hydrogens (tertiary/aromatic N) is 1. The topological polar surface area (TPSA) is 78.4 Å². The van der Waals surface area contributed by atoms with Gasteiger partial charge in [-0.1, -0.05) is 0 Å². The quantitative estimate of drug-likeness (QED) is 0.518. The molecule has 104 valence electrons. The van der Waals surface area contributed by atoms with Crippen molar-refractivity contribution in [2.24, 2.45) is 0 Å². The van der Waals surface area contributed by atoms with E-state index in [1.165, 1.54) is 6.07 Å². The molecule has 2 rings (SSSR count). The van der Waals surface area contributed by atoms with Crippen LogP contribution in [0.5, 0.6) is 11.5 Å². The number of nitro groups is 1. The molecule has 0 atom stereocenters. The van der Waals surface area contributed by atoms with Crippen LogP contribution in [0.15, 0.2) is 34.8 Å². The van der Waals surface area contributed by atoms with Gasteiger partial charge in [0.05, 0.1) is 9.40 Å². The van der Waals surface area contributed by atoms with Crippen LogP contribution >= 0.6 is 15.9 Å². The average Bonchev–Trinajstić information content (AvgIpc) is 2.37. The first-order valence-electron chi connectivity index (χ1n) is 5.25. The zero-order valence-corrected chi connectivity index (χ0v) is 11.4. The molecule has 0 saturated heterocycles. The van der Waals surface area contributed by atoms with Gasteiger partial charge in [-0.2, -0.15) is 0 Å². The summed E-state index contributed by atoms with van der Waals surface area (Å²) in [6.07, 6.45) is 0. The zero-order chi connectivity index (χ0) is 14.9. The van der Waals surface area contributed by atoms with Crippen LogP contribution in [0.2, 0.25) is 0 Å². The lowest BCUT2D eigenvalue weighted by atomic mass is 10.2. The predicted molar refractivity (Wildman–Crippen MR) is 71.6 cm³/mol. The van der Waals surface area contributed by atoms with Crippen LogP contribution in [0.3, 0.4) is 0 Å². The molecule has 0 radical (unpaired) electrons. The van der Waals surface area contributed by atoms with Gasteiger partial charge in [-0.15, -0.1) is 0 Å². The summed E-state index contributed by atoms with van der Waals surface area (Å²) in [6, 6.07) is 5.20. The SMILES string of the molecule is Nc1c([N+](=O)[O-])ccc(Oc2ccc(F)cc2F)c1Br. The van der Waals surface area contributed by atoms with Crippen LogP contribution < -0.4 is 10.5 Å². The molecule has 0 spiro atoms. The van der Waals surface area contributed by atoms with E-state index in [1.807, 2.05) is 0 Å². The van der Waals surface area contributed by atoms with Gasteiger partial charge in [0.2, 0.25) is 0 Å². The molecule has 0 aliphatic carbocycles. The van der Waals surface area contributed by atoms with Gasteiger partial charge in [0.1, 0.15) is 17.3 Å². The lowest BCUT2D eigenvalue weighted by Crippen LogP contribution is -1.98. The van der Waals surface area contributed by atoms with Gasteiger partial charge in [0.25, 0.3) is 5.69 Å². The first kappa shape index (κ1) is 14.2. The minimum absolute atomic E-state index is 0.0820. The summed E-state index contributed by atoms with van der Waals surface area (Å²) < 4.78 is 31.6. The summed E-state index contributed by atoms with van der Waals surface area (Å²) in [5.41, 5.74) is 5.13. The number of nitrogen functional groups attached to an aromatic ring is 1. The Balaban J connectivity index is 2.39. The van der Waals surface area contributed by atoms with Crippen LogP contribution in [0.4, 0.5) is 20.2 Å². The van der Waals surface area contributed by atoms with Crippen molar-refractivity contribution < 1.29 is 18.4 Å². The molecule has 0 fully saturated rings. The van der Waals surface area contributed by atoms with Crippen LogP contribution in [-0.2, 0) is 0 Å². The molecule has 5 nitrogen and oxygen atoms in total. The first-order chi connectivity index (χ1) is 9.40. The van der Waals surface area contributed by atoms with Gasteiger partial charge in [-0.3, -0.25) is 10.1 Å². The molecule has 0 aliphatic heterocycles. The summed E-state index contributed by atoms with van der Waals surface area (Å²) >= 11 is 3.04. The van der Waals surface area contributed by atoms with Crippen LogP contribution in [0, 0.1) is 21.7 Å². The van der Waals surface area contributed by atoms with E-state index in [0.717, 1.165) is 18.2 Å². The zero-order valence-electron chi connectivity index (χ0n) is 9.77. The fraction of sp³-hybridized carbons (Fsp3) is 0. The number of hydrogen-bond donors (Lipinski definition) is 1. The standard InChI is InChI=1S/C12H7BrF2N2O3/c13-11-10(4-2-8(12(11)16)17(18)19)20-9-3-1-6(14)5-7(9)15/h1-5H,16H2. The highest BCUT2D eigenvalue weighted by Gasteiger charge is 2.18. The highest BCUT2D eigenvalue weighted by molar-refractivity contribution is 9.10. The smallest absolute Gasteiger partial charge is 0.293 e. The number of benzene rings is 2. The molecule has 0 saturated carbocycles. The van der Waals surface area contributed by atoms with Crippen LogP contribution in [-0.4, -0.2) is 4.92 Å². The molecule has 2 N–H and O–H groups in total. The third kappa shape index (κ3) is 2.69. The van der Waals surface area contributed by atoms with Crippen LogP contribution in [0.25, 0.3) is 0 Å². The van der Waals surface area contributed by atoms with Crippen molar-refractivity contribution in [3.05, 3.63) is 56.6 Å². The van der Waals surface area contributed by atoms with Gasteiger partial charge in [0, 0.05) is 12.1 Å².